The highest BCUT2D eigenvalue weighted by Gasteiger charge is 2.20. The molecular weight excluding hydrogens is 352 g/mol. The summed E-state index contributed by atoms with van der Waals surface area (Å²) in [5.74, 6) is -0.0712. The fourth-order valence-electron chi connectivity index (χ4n) is 3.22. The third-order valence-corrected chi connectivity index (χ3v) is 4.63. The summed E-state index contributed by atoms with van der Waals surface area (Å²) >= 11 is 0. The van der Waals surface area contributed by atoms with Crippen molar-refractivity contribution in [3.05, 3.63) is 72.8 Å². The van der Waals surface area contributed by atoms with E-state index >= 15 is 0 Å². The maximum atomic E-state index is 11.3. The van der Waals surface area contributed by atoms with Gasteiger partial charge in [0.15, 0.2) is 5.75 Å². The lowest BCUT2D eigenvalue weighted by Crippen LogP contribution is -2.07. The first-order valence-corrected chi connectivity index (χ1v) is 9.20. The summed E-state index contributed by atoms with van der Waals surface area (Å²) in [6, 6.07) is 21.3. The number of fused-ring (bicyclic) bond motifs is 2. The molecule has 2 N–H and O–H groups in total. The zero-order valence-electron chi connectivity index (χ0n) is 13.5. The monoisotopic (exact) mass is 366 g/mol. The minimum Gasteiger partial charge on any atom is -0.507 e. The smallest absolute Gasteiger partial charge is 0.446 e. The van der Waals surface area contributed by atoms with Gasteiger partial charge in [0.2, 0.25) is 0 Å². The van der Waals surface area contributed by atoms with Crippen LogP contribution in [0.5, 0.6) is 11.5 Å². The highest BCUT2D eigenvalue weighted by molar-refractivity contribution is 7.81. The maximum absolute atomic E-state index is 11.3. The Labute approximate surface area is 150 Å². The van der Waals surface area contributed by atoms with Crippen molar-refractivity contribution in [2.75, 3.05) is 0 Å². The SMILES string of the molecule is O=S(=O)(O)Oc1ccc2ccccc2c1-c1c(O)ccc2ccccc12. The van der Waals surface area contributed by atoms with E-state index in [2.05, 4.69) is 0 Å². The molecule has 0 aliphatic carbocycles. The Balaban J connectivity index is 2.17. The van der Waals surface area contributed by atoms with Gasteiger partial charge in [0, 0.05) is 11.1 Å². The Morgan fingerprint density at radius 1 is 0.692 bits per heavy atom. The zero-order valence-corrected chi connectivity index (χ0v) is 14.3. The van der Waals surface area contributed by atoms with Crippen LogP contribution < -0.4 is 4.18 Å². The quantitative estimate of drug-likeness (QED) is 0.520. The molecule has 0 aliphatic heterocycles. The molecule has 0 radical (unpaired) electrons. The van der Waals surface area contributed by atoms with Crippen molar-refractivity contribution >= 4 is 31.9 Å². The molecule has 5 nitrogen and oxygen atoms in total. The normalized spacial score (nSPS) is 11.7. The Hall–Kier alpha value is -3.09. The van der Waals surface area contributed by atoms with E-state index in [4.69, 9.17) is 4.18 Å². The number of benzene rings is 4. The predicted octanol–water partition coefficient (Wildman–Crippen LogP) is 4.55. The van der Waals surface area contributed by atoms with Crippen LogP contribution in [0, 0.1) is 0 Å². The van der Waals surface area contributed by atoms with Gasteiger partial charge in [-0.15, -0.1) is 0 Å². The Morgan fingerprint density at radius 2 is 1.23 bits per heavy atom. The average molecular weight is 366 g/mol. The lowest BCUT2D eigenvalue weighted by Gasteiger charge is -2.16. The molecule has 6 heteroatoms. The van der Waals surface area contributed by atoms with Gasteiger partial charge in [0.05, 0.1) is 0 Å². The summed E-state index contributed by atoms with van der Waals surface area (Å²) in [5, 5.41) is 13.7. The molecule has 0 unspecified atom stereocenters. The van der Waals surface area contributed by atoms with E-state index in [-0.39, 0.29) is 11.5 Å². The summed E-state index contributed by atoms with van der Waals surface area (Å²) in [7, 11) is -4.72. The van der Waals surface area contributed by atoms with Crippen LogP contribution in [0.15, 0.2) is 72.8 Å². The molecule has 130 valence electrons. The molecule has 4 rings (SSSR count). The van der Waals surface area contributed by atoms with Gasteiger partial charge >= 0.3 is 10.4 Å². The van der Waals surface area contributed by atoms with Crippen LogP contribution in [0.2, 0.25) is 0 Å². The molecule has 0 saturated heterocycles. The van der Waals surface area contributed by atoms with Crippen LogP contribution in [-0.4, -0.2) is 18.1 Å². The highest BCUT2D eigenvalue weighted by atomic mass is 32.3. The third kappa shape index (κ3) is 2.85. The lowest BCUT2D eigenvalue weighted by atomic mass is 9.92. The third-order valence-electron chi connectivity index (χ3n) is 4.24. The van der Waals surface area contributed by atoms with Crippen molar-refractivity contribution in [3.8, 4) is 22.6 Å². The second-order valence-corrected chi connectivity index (χ2v) is 6.87. The predicted molar refractivity (Wildman–Crippen MR) is 101 cm³/mol. The first-order valence-electron chi connectivity index (χ1n) is 7.84. The Morgan fingerprint density at radius 3 is 1.85 bits per heavy atom. The van der Waals surface area contributed by atoms with Gasteiger partial charge in [0.1, 0.15) is 5.75 Å². The van der Waals surface area contributed by atoms with E-state index < -0.39 is 10.4 Å². The molecule has 0 aromatic heterocycles. The summed E-state index contributed by atoms with van der Waals surface area (Å²) in [5.41, 5.74) is 0.841. The van der Waals surface area contributed by atoms with Gasteiger partial charge in [-0.1, -0.05) is 60.7 Å². The van der Waals surface area contributed by atoms with Gasteiger partial charge in [-0.3, -0.25) is 4.55 Å². The molecular formula is C20H14O5S. The summed E-state index contributed by atoms with van der Waals surface area (Å²) in [4.78, 5) is 0. The van der Waals surface area contributed by atoms with Crippen molar-refractivity contribution in [1.29, 1.82) is 0 Å². The second kappa shape index (κ2) is 6.01. The molecule has 0 saturated carbocycles. The summed E-state index contributed by atoms with van der Waals surface area (Å²) < 4.78 is 36.7. The van der Waals surface area contributed by atoms with Crippen LogP contribution >= 0.6 is 0 Å². The zero-order chi connectivity index (χ0) is 18.3. The van der Waals surface area contributed by atoms with Crippen LogP contribution in [0.25, 0.3) is 32.7 Å². The first kappa shape index (κ1) is 16.4. The van der Waals surface area contributed by atoms with E-state index in [1.807, 2.05) is 48.5 Å². The van der Waals surface area contributed by atoms with E-state index in [0.29, 0.717) is 16.5 Å². The largest absolute Gasteiger partial charge is 0.507 e. The topological polar surface area (TPSA) is 83.8 Å². The molecule has 0 spiro atoms. The number of phenolic OH excluding ortho intramolecular Hbond substituents is 1. The summed E-state index contributed by atoms with van der Waals surface area (Å²) in [6.45, 7) is 0. The van der Waals surface area contributed by atoms with E-state index in [1.165, 1.54) is 6.07 Å². The van der Waals surface area contributed by atoms with E-state index in [1.54, 1.807) is 18.2 Å². The van der Waals surface area contributed by atoms with E-state index in [0.717, 1.165) is 16.2 Å². The van der Waals surface area contributed by atoms with Crippen LogP contribution in [0.3, 0.4) is 0 Å². The fourth-order valence-corrected chi connectivity index (χ4v) is 3.58. The van der Waals surface area contributed by atoms with Crippen LogP contribution in [0.1, 0.15) is 0 Å². The van der Waals surface area contributed by atoms with Gasteiger partial charge in [0.25, 0.3) is 0 Å². The van der Waals surface area contributed by atoms with Gasteiger partial charge in [-0.25, -0.2) is 0 Å². The Kier molecular flexibility index (Phi) is 3.79. The Bertz CT molecular complexity index is 1250. The highest BCUT2D eigenvalue weighted by Crippen LogP contribution is 2.45. The molecule has 0 aliphatic rings. The molecule has 0 bridgehead atoms. The van der Waals surface area contributed by atoms with Crippen LogP contribution in [0.4, 0.5) is 0 Å². The number of phenols is 1. The number of rotatable bonds is 3. The number of hydrogen-bond donors (Lipinski definition) is 2. The van der Waals surface area contributed by atoms with Crippen molar-refractivity contribution < 1.29 is 22.3 Å². The van der Waals surface area contributed by atoms with Crippen molar-refractivity contribution in [1.82, 2.24) is 0 Å². The minimum atomic E-state index is -4.72. The lowest BCUT2D eigenvalue weighted by molar-refractivity contribution is 0.387. The van der Waals surface area contributed by atoms with Gasteiger partial charge in [-0.05, 0) is 33.7 Å². The van der Waals surface area contributed by atoms with Gasteiger partial charge in [-0.2, -0.15) is 8.42 Å². The standard InChI is InChI=1S/C20H14O5S/c21-17-11-9-13-5-1-3-7-15(13)19(17)20-16-8-4-2-6-14(16)10-12-18(20)25-26(22,23)24/h1-12,21H,(H,22,23,24). The summed E-state index contributed by atoms with van der Waals surface area (Å²) in [6.07, 6.45) is 0. The molecule has 26 heavy (non-hydrogen) atoms. The number of aromatic hydroxyl groups is 1. The fraction of sp³-hybridized carbons (Fsp3) is 0. The molecule has 4 aromatic carbocycles. The maximum Gasteiger partial charge on any atom is 0.446 e. The number of hydrogen-bond acceptors (Lipinski definition) is 4. The van der Waals surface area contributed by atoms with Crippen molar-refractivity contribution in [2.45, 2.75) is 0 Å². The molecule has 0 atom stereocenters. The van der Waals surface area contributed by atoms with E-state index in [9.17, 15) is 18.1 Å². The average Bonchev–Trinajstić information content (AvgIpc) is 2.61. The van der Waals surface area contributed by atoms with Crippen LogP contribution in [-0.2, 0) is 10.4 Å². The second-order valence-electron chi connectivity index (χ2n) is 5.85. The molecule has 0 heterocycles. The van der Waals surface area contributed by atoms with Crippen molar-refractivity contribution in [2.24, 2.45) is 0 Å². The molecule has 4 aromatic rings. The minimum absolute atomic E-state index is 0.0137. The molecule has 0 amide bonds. The van der Waals surface area contributed by atoms with Gasteiger partial charge < -0.3 is 9.29 Å². The molecule has 0 fully saturated rings. The first-order chi connectivity index (χ1) is 12.4. The van der Waals surface area contributed by atoms with Crippen molar-refractivity contribution in [3.63, 3.8) is 0 Å².